The molecule has 29 heavy (non-hydrogen) atoms. The third kappa shape index (κ3) is 3.59. The van der Waals surface area contributed by atoms with Crippen LogP contribution in [0.2, 0.25) is 0 Å². The van der Waals surface area contributed by atoms with Gasteiger partial charge < -0.3 is 0 Å². The summed E-state index contributed by atoms with van der Waals surface area (Å²) in [6.45, 7) is 0. The number of hydrogen-bond donors (Lipinski definition) is 2. The van der Waals surface area contributed by atoms with Crippen molar-refractivity contribution in [1.29, 1.82) is 0 Å². The molecule has 0 spiro atoms. The molecule has 0 fully saturated rings. The Bertz CT molecular complexity index is 1250. The Morgan fingerprint density at radius 2 is 1.48 bits per heavy atom. The molecule has 0 saturated heterocycles. The third-order valence-corrected chi connectivity index (χ3v) is 4.23. The van der Waals surface area contributed by atoms with Gasteiger partial charge in [0.2, 0.25) is 0 Å². The number of carbonyl (C=O) groups is 2. The molecular weight excluding hydrogens is 370 g/mol. The summed E-state index contributed by atoms with van der Waals surface area (Å²) >= 11 is 0. The van der Waals surface area contributed by atoms with Gasteiger partial charge in [-0.2, -0.15) is 9.78 Å². The second kappa shape index (κ2) is 7.73. The molecule has 0 radical (unpaired) electrons. The van der Waals surface area contributed by atoms with E-state index in [0.29, 0.717) is 22.0 Å². The van der Waals surface area contributed by atoms with Crippen LogP contribution in [0.25, 0.3) is 16.5 Å². The number of hydrazine groups is 1. The first kappa shape index (κ1) is 18.1. The number of para-hydroxylation sites is 1. The van der Waals surface area contributed by atoms with Gasteiger partial charge in [-0.15, -0.1) is 0 Å². The highest BCUT2D eigenvalue weighted by Crippen LogP contribution is 2.15. The predicted octanol–water partition coefficient (Wildman–Crippen LogP) is 1.86. The number of rotatable bonds is 3. The number of aromatic nitrogens is 3. The van der Waals surface area contributed by atoms with Gasteiger partial charge in [0.05, 0.1) is 16.6 Å². The van der Waals surface area contributed by atoms with Gasteiger partial charge in [0, 0.05) is 17.8 Å². The molecule has 4 rings (SSSR count). The molecule has 0 aliphatic carbocycles. The average Bonchev–Trinajstić information content (AvgIpc) is 2.79. The molecule has 2 amide bonds. The molecule has 0 unspecified atom stereocenters. The number of pyridine rings is 1. The minimum atomic E-state index is -0.650. The standard InChI is InChI=1S/C21H15N5O3/c27-19(14-7-6-12-22-13-14)23-24-20(28)18-16-10-4-5-11-17(16)21(29)26(25-18)15-8-2-1-3-9-15/h1-13H,(H,23,27)(H,24,28). The molecule has 0 bridgehead atoms. The van der Waals surface area contributed by atoms with Crippen molar-refractivity contribution >= 4 is 22.6 Å². The largest absolute Gasteiger partial charge is 0.290 e. The summed E-state index contributed by atoms with van der Waals surface area (Å²) < 4.78 is 1.17. The summed E-state index contributed by atoms with van der Waals surface area (Å²) in [6, 6.07) is 18.7. The molecule has 4 aromatic rings. The van der Waals surface area contributed by atoms with Crippen LogP contribution >= 0.6 is 0 Å². The SMILES string of the molecule is O=C(NNC(=O)c1nn(-c2ccccc2)c(=O)c2ccccc12)c1cccnc1. The molecule has 0 aliphatic heterocycles. The van der Waals surface area contributed by atoms with Crippen LogP contribution in [-0.4, -0.2) is 26.6 Å². The molecule has 2 heterocycles. The van der Waals surface area contributed by atoms with E-state index in [2.05, 4.69) is 20.9 Å². The Morgan fingerprint density at radius 3 is 2.21 bits per heavy atom. The first-order chi connectivity index (χ1) is 14.1. The Kier molecular flexibility index (Phi) is 4.81. The summed E-state index contributed by atoms with van der Waals surface area (Å²) in [5.74, 6) is -1.17. The van der Waals surface area contributed by atoms with Gasteiger partial charge in [-0.05, 0) is 30.3 Å². The molecule has 2 aromatic heterocycles. The number of hydrogen-bond acceptors (Lipinski definition) is 5. The van der Waals surface area contributed by atoms with Gasteiger partial charge in [-0.25, -0.2) is 0 Å². The maximum atomic E-state index is 12.8. The van der Waals surface area contributed by atoms with E-state index in [1.165, 1.54) is 17.1 Å². The van der Waals surface area contributed by atoms with E-state index < -0.39 is 11.8 Å². The van der Waals surface area contributed by atoms with Gasteiger partial charge >= 0.3 is 0 Å². The smallest absolute Gasteiger partial charge is 0.267 e. The van der Waals surface area contributed by atoms with Crippen LogP contribution in [0.4, 0.5) is 0 Å². The van der Waals surface area contributed by atoms with Crippen molar-refractivity contribution in [3.05, 3.63) is 101 Å². The van der Waals surface area contributed by atoms with Crippen molar-refractivity contribution in [2.24, 2.45) is 0 Å². The maximum absolute atomic E-state index is 12.8. The predicted molar refractivity (Wildman–Crippen MR) is 107 cm³/mol. The van der Waals surface area contributed by atoms with Gasteiger partial charge in [-0.3, -0.25) is 30.2 Å². The molecule has 142 valence electrons. The highest BCUT2D eigenvalue weighted by atomic mass is 16.2. The highest BCUT2D eigenvalue weighted by Gasteiger charge is 2.18. The molecule has 0 saturated carbocycles. The fourth-order valence-corrected chi connectivity index (χ4v) is 2.84. The van der Waals surface area contributed by atoms with Gasteiger partial charge in [-0.1, -0.05) is 36.4 Å². The second-order valence-corrected chi connectivity index (χ2v) is 6.10. The lowest BCUT2D eigenvalue weighted by Gasteiger charge is -2.12. The summed E-state index contributed by atoms with van der Waals surface area (Å²) in [7, 11) is 0. The number of nitrogens with one attached hydrogen (secondary N) is 2. The lowest BCUT2D eigenvalue weighted by atomic mass is 10.1. The second-order valence-electron chi connectivity index (χ2n) is 6.10. The van der Waals surface area contributed by atoms with E-state index in [0.717, 1.165) is 0 Å². The number of fused-ring (bicyclic) bond motifs is 1. The molecule has 2 aromatic carbocycles. The quantitative estimate of drug-likeness (QED) is 0.524. The van der Waals surface area contributed by atoms with E-state index in [1.807, 2.05) is 6.07 Å². The first-order valence-corrected chi connectivity index (χ1v) is 8.73. The van der Waals surface area contributed by atoms with Gasteiger partial charge in [0.1, 0.15) is 0 Å². The van der Waals surface area contributed by atoms with Crippen LogP contribution in [0.15, 0.2) is 83.9 Å². The van der Waals surface area contributed by atoms with Crippen molar-refractivity contribution < 1.29 is 9.59 Å². The highest BCUT2D eigenvalue weighted by molar-refractivity contribution is 6.06. The number of nitrogens with zero attached hydrogens (tertiary/aromatic N) is 3. The number of amides is 2. The lowest BCUT2D eigenvalue weighted by Crippen LogP contribution is -2.42. The zero-order valence-corrected chi connectivity index (χ0v) is 15.1. The lowest BCUT2D eigenvalue weighted by molar-refractivity contribution is 0.0844. The van der Waals surface area contributed by atoms with Crippen molar-refractivity contribution in [2.45, 2.75) is 0 Å². The minimum absolute atomic E-state index is 0.00976. The number of carbonyl (C=O) groups excluding carboxylic acids is 2. The molecule has 0 aliphatic rings. The normalized spacial score (nSPS) is 10.5. The van der Waals surface area contributed by atoms with Gasteiger partial charge in [0.15, 0.2) is 5.69 Å². The van der Waals surface area contributed by atoms with Crippen molar-refractivity contribution in [2.75, 3.05) is 0 Å². The Balaban J connectivity index is 1.71. The van der Waals surface area contributed by atoms with Crippen LogP contribution in [-0.2, 0) is 0 Å². The summed E-state index contributed by atoms with van der Waals surface area (Å²) in [5, 5.41) is 4.98. The van der Waals surface area contributed by atoms with Crippen molar-refractivity contribution in [3.63, 3.8) is 0 Å². The third-order valence-electron chi connectivity index (χ3n) is 4.23. The fraction of sp³-hybridized carbons (Fsp3) is 0. The Labute approximate surface area is 164 Å². The maximum Gasteiger partial charge on any atom is 0.290 e. The molecule has 8 nitrogen and oxygen atoms in total. The molecule has 8 heteroatoms. The van der Waals surface area contributed by atoms with E-state index in [9.17, 15) is 14.4 Å². The zero-order chi connectivity index (χ0) is 20.2. The number of benzene rings is 2. The fourth-order valence-electron chi connectivity index (χ4n) is 2.84. The van der Waals surface area contributed by atoms with Crippen LogP contribution in [0.5, 0.6) is 0 Å². The van der Waals surface area contributed by atoms with E-state index >= 15 is 0 Å². The average molecular weight is 385 g/mol. The Hall–Kier alpha value is -4.33. The van der Waals surface area contributed by atoms with Crippen LogP contribution in [0.3, 0.4) is 0 Å². The summed E-state index contributed by atoms with van der Waals surface area (Å²) in [6.07, 6.45) is 2.92. The van der Waals surface area contributed by atoms with Crippen molar-refractivity contribution in [3.8, 4) is 5.69 Å². The van der Waals surface area contributed by atoms with E-state index in [-0.39, 0.29) is 11.3 Å². The topological polar surface area (TPSA) is 106 Å². The summed E-state index contributed by atoms with van der Waals surface area (Å²) in [5.41, 5.74) is 5.15. The summed E-state index contributed by atoms with van der Waals surface area (Å²) in [4.78, 5) is 41.6. The Morgan fingerprint density at radius 1 is 0.793 bits per heavy atom. The molecular formula is C21H15N5O3. The minimum Gasteiger partial charge on any atom is -0.267 e. The first-order valence-electron chi connectivity index (χ1n) is 8.73. The zero-order valence-electron chi connectivity index (χ0n) is 15.1. The van der Waals surface area contributed by atoms with Crippen molar-refractivity contribution in [1.82, 2.24) is 25.6 Å². The molecule has 2 N–H and O–H groups in total. The molecule has 0 atom stereocenters. The monoisotopic (exact) mass is 385 g/mol. The van der Waals surface area contributed by atoms with E-state index in [4.69, 9.17) is 0 Å². The van der Waals surface area contributed by atoms with Gasteiger partial charge in [0.25, 0.3) is 17.4 Å². The van der Waals surface area contributed by atoms with Crippen LogP contribution < -0.4 is 16.4 Å². The van der Waals surface area contributed by atoms with Crippen LogP contribution in [0.1, 0.15) is 20.8 Å². The van der Waals surface area contributed by atoms with E-state index in [1.54, 1.807) is 60.7 Å². The van der Waals surface area contributed by atoms with Crippen LogP contribution in [0, 0.1) is 0 Å².